The molecule has 0 aliphatic heterocycles. The van der Waals surface area contributed by atoms with Crippen molar-refractivity contribution < 1.29 is 9.59 Å². The number of nitrogens with one attached hydrogen (secondary N) is 2. The van der Waals surface area contributed by atoms with Crippen LogP contribution in [0.2, 0.25) is 0 Å². The molecule has 2 N–H and O–H groups in total. The molecule has 0 aliphatic carbocycles. The van der Waals surface area contributed by atoms with Crippen LogP contribution >= 0.6 is 11.8 Å². The second-order valence-electron chi connectivity index (χ2n) is 6.41. The molecule has 1 aromatic heterocycles. The third-order valence-electron chi connectivity index (χ3n) is 3.32. The van der Waals surface area contributed by atoms with Gasteiger partial charge < -0.3 is 5.32 Å². The molecule has 24 heavy (non-hydrogen) atoms. The number of H-pyrrole nitrogens is 1. The number of aromatic amines is 1. The summed E-state index contributed by atoms with van der Waals surface area (Å²) >= 11 is 1.31. The number of nitrogens with zero attached hydrogens (tertiary/aromatic N) is 2. The summed E-state index contributed by atoms with van der Waals surface area (Å²) in [6.45, 7) is 7.54. The van der Waals surface area contributed by atoms with Gasteiger partial charge in [-0.15, -0.1) is 5.10 Å². The molecule has 0 unspecified atom stereocenters. The molecule has 1 amide bonds. The van der Waals surface area contributed by atoms with E-state index in [2.05, 4.69) is 20.5 Å². The van der Waals surface area contributed by atoms with Crippen molar-refractivity contribution in [2.24, 2.45) is 5.41 Å². The van der Waals surface area contributed by atoms with Gasteiger partial charge >= 0.3 is 0 Å². The highest BCUT2D eigenvalue weighted by Crippen LogP contribution is 2.19. The maximum Gasteiger partial charge on any atom is 0.229 e. The van der Waals surface area contributed by atoms with Crippen LogP contribution in [-0.4, -0.2) is 32.6 Å². The molecule has 0 spiro atoms. The van der Waals surface area contributed by atoms with Crippen LogP contribution < -0.4 is 5.32 Å². The fourth-order valence-corrected chi connectivity index (χ4v) is 2.48. The smallest absolute Gasteiger partial charge is 0.229 e. The van der Waals surface area contributed by atoms with Gasteiger partial charge in [0.1, 0.15) is 5.82 Å². The Morgan fingerprint density at radius 2 is 1.88 bits per heavy atom. The first kappa shape index (κ1) is 18.2. The van der Waals surface area contributed by atoms with E-state index in [1.54, 1.807) is 24.3 Å². The van der Waals surface area contributed by atoms with Gasteiger partial charge in [-0.3, -0.25) is 14.7 Å². The van der Waals surface area contributed by atoms with Crippen molar-refractivity contribution in [3.63, 3.8) is 0 Å². The predicted octanol–water partition coefficient (Wildman–Crippen LogP) is 3.33. The summed E-state index contributed by atoms with van der Waals surface area (Å²) in [6.07, 6.45) is 0.781. The number of ketones is 1. The maximum atomic E-state index is 12.2. The minimum atomic E-state index is -0.459. The number of Topliss-reactive ketones (excluding diaryl/α,β-unsaturated/α-hetero) is 1. The molecular weight excluding hydrogens is 324 g/mol. The second kappa shape index (κ2) is 7.61. The Hall–Kier alpha value is -2.15. The number of aromatic nitrogens is 3. The zero-order valence-corrected chi connectivity index (χ0v) is 15.2. The first-order valence-corrected chi connectivity index (χ1v) is 8.77. The van der Waals surface area contributed by atoms with Crippen LogP contribution in [-0.2, 0) is 11.2 Å². The Labute approximate surface area is 145 Å². The van der Waals surface area contributed by atoms with Crippen molar-refractivity contribution in [3.05, 3.63) is 35.7 Å². The lowest BCUT2D eigenvalue weighted by Gasteiger charge is -2.17. The van der Waals surface area contributed by atoms with Crippen LogP contribution in [0.1, 0.15) is 43.9 Å². The van der Waals surface area contributed by atoms with Gasteiger partial charge in [-0.2, -0.15) is 0 Å². The number of carbonyl (C=O) groups excluding carboxylic acids is 2. The average molecular weight is 346 g/mol. The first-order chi connectivity index (χ1) is 11.3. The highest BCUT2D eigenvalue weighted by atomic mass is 32.2. The second-order valence-corrected chi connectivity index (χ2v) is 7.35. The number of thioether (sulfide) groups is 1. The number of carbonyl (C=O) groups is 2. The van der Waals surface area contributed by atoms with Crippen LogP contribution in [0.15, 0.2) is 29.4 Å². The number of rotatable bonds is 6. The number of aryl methyl sites for hydroxylation is 1. The van der Waals surface area contributed by atoms with Crippen LogP contribution in [0.25, 0.3) is 0 Å². The Morgan fingerprint density at radius 3 is 2.42 bits per heavy atom. The van der Waals surface area contributed by atoms with Crippen LogP contribution in [0.3, 0.4) is 0 Å². The van der Waals surface area contributed by atoms with E-state index in [0.29, 0.717) is 16.4 Å². The number of hydrogen-bond acceptors (Lipinski definition) is 5. The summed E-state index contributed by atoms with van der Waals surface area (Å²) in [6, 6.07) is 6.92. The number of hydrogen-bond donors (Lipinski definition) is 2. The zero-order valence-electron chi connectivity index (χ0n) is 14.3. The van der Waals surface area contributed by atoms with Gasteiger partial charge in [-0.25, -0.2) is 4.98 Å². The summed E-state index contributed by atoms with van der Waals surface area (Å²) in [4.78, 5) is 28.4. The van der Waals surface area contributed by atoms with E-state index in [9.17, 15) is 9.59 Å². The molecule has 0 atom stereocenters. The lowest BCUT2D eigenvalue weighted by molar-refractivity contribution is -0.123. The fraction of sp³-hybridized carbons (Fsp3) is 0.412. The summed E-state index contributed by atoms with van der Waals surface area (Å²) < 4.78 is 0. The number of amides is 1. The Balaban J connectivity index is 1.92. The van der Waals surface area contributed by atoms with Crippen molar-refractivity contribution in [1.82, 2.24) is 15.2 Å². The average Bonchev–Trinajstić information content (AvgIpc) is 3.00. The molecule has 128 valence electrons. The lowest BCUT2D eigenvalue weighted by Crippen LogP contribution is -2.27. The molecule has 6 nitrogen and oxygen atoms in total. The van der Waals surface area contributed by atoms with E-state index in [1.165, 1.54) is 11.8 Å². The molecule has 2 rings (SSSR count). The van der Waals surface area contributed by atoms with Crippen molar-refractivity contribution in [1.29, 1.82) is 0 Å². The fourth-order valence-electron chi connectivity index (χ4n) is 1.77. The van der Waals surface area contributed by atoms with Gasteiger partial charge in [-0.1, -0.05) is 39.5 Å². The van der Waals surface area contributed by atoms with Gasteiger partial charge in [0.25, 0.3) is 0 Å². The Morgan fingerprint density at radius 1 is 1.21 bits per heavy atom. The van der Waals surface area contributed by atoms with Gasteiger partial charge in [0, 0.05) is 23.1 Å². The Kier molecular flexibility index (Phi) is 5.77. The normalized spacial score (nSPS) is 11.3. The SMILES string of the molecule is CCc1nc(SCC(=O)c2ccc(NC(=O)C(C)(C)C)cc2)n[nH]1. The molecule has 0 aliphatic rings. The van der Waals surface area contributed by atoms with Crippen molar-refractivity contribution in [3.8, 4) is 0 Å². The van der Waals surface area contributed by atoms with Crippen LogP contribution in [0.4, 0.5) is 5.69 Å². The summed E-state index contributed by atoms with van der Waals surface area (Å²) in [5.41, 5.74) is 0.821. The third kappa shape index (κ3) is 4.92. The standard InChI is InChI=1S/C17H22N4O2S/c1-5-14-19-16(21-20-14)24-10-13(22)11-6-8-12(9-7-11)18-15(23)17(2,3)4/h6-9H,5,10H2,1-4H3,(H,18,23)(H,19,20,21). The number of benzene rings is 1. The van der Waals surface area contributed by atoms with Gasteiger partial charge in [0.05, 0.1) is 5.75 Å². The minimum absolute atomic E-state index is 0.00320. The largest absolute Gasteiger partial charge is 0.326 e. The van der Waals surface area contributed by atoms with Crippen molar-refractivity contribution in [2.45, 2.75) is 39.3 Å². The molecule has 1 heterocycles. The van der Waals surface area contributed by atoms with E-state index in [0.717, 1.165) is 12.2 Å². The molecular formula is C17H22N4O2S. The highest BCUT2D eigenvalue weighted by Gasteiger charge is 2.21. The summed E-state index contributed by atoms with van der Waals surface area (Å²) in [7, 11) is 0. The molecule has 0 fully saturated rings. The van der Waals surface area contributed by atoms with Crippen molar-refractivity contribution in [2.75, 3.05) is 11.1 Å². The van der Waals surface area contributed by atoms with Gasteiger partial charge in [0.15, 0.2) is 5.78 Å². The maximum absolute atomic E-state index is 12.2. The number of anilines is 1. The quantitative estimate of drug-likeness (QED) is 0.619. The molecule has 0 radical (unpaired) electrons. The molecule has 0 bridgehead atoms. The van der Waals surface area contributed by atoms with Gasteiger partial charge in [-0.05, 0) is 24.3 Å². The van der Waals surface area contributed by atoms with Crippen LogP contribution in [0, 0.1) is 5.41 Å². The van der Waals surface area contributed by atoms with E-state index in [-0.39, 0.29) is 17.4 Å². The van der Waals surface area contributed by atoms with Gasteiger partial charge in [0.2, 0.25) is 11.1 Å². The van der Waals surface area contributed by atoms with Crippen molar-refractivity contribution >= 4 is 29.1 Å². The highest BCUT2D eigenvalue weighted by molar-refractivity contribution is 7.99. The predicted molar refractivity (Wildman–Crippen MR) is 95.3 cm³/mol. The lowest BCUT2D eigenvalue weighted by atomic mass is 9.95. The third-order valence-corrected chi connectivity index (χ3v) is 4.17. The topological polar surface area (TPSA) is 87.7 Å². The summed E-state index contributed by atoms with van der Waals surface area (Å²) in [5, 5.41) is 10.3. The molecule has 0 saturated carbocycles. The summed E-state index contributed by atoms with van der Waals surface area (Å²) in [5.74, 6) is 1.02. The van der Waals surface area contributed by atoms with E-state index in [1.807, 2.05) is 27.7 Å². The molecule has 2 aromatic rings. The first-order valence-electron chi connectivity index (χ1n) is 7.78. The molecule has 7 heteroatoms. The Bertz CT molecular complexity index is 717. The zero-order chi connectivity index (χ0) is 17.7. The van der Waals surface area contributed by atoms with E-state index < -0.39 is 5.41 Å². The van der Waals surface area contributed by atoms with Crippen LogP contribution in [0.5, 0.6) is 0 Å². The monoisotopic (exact) mass is 346 g/mol. The molecule has 0 saturated heterocycles. The van der Waals surface area contributed by atoms with E-state index >= 15 is 0 Å². The molecule has 1 aromatic carbocycles. The minimum Gasteiger partial charge on any atom is -0.326 e. The van der Waals surface area contributed by atoms with E-state index in [4.69, 9.17) is 0 Å².